The summed E-state index contributed by atoms with van der Waals surface area (Å²) in [7, 11) is 0. The molecule has 0 saturated carbocycles. The molecular weight excluding hydrogens is 236 g/mol. The van der Waals surface area contributed by atoms with Crippen LogP contribution in [-0.4, -0.2) is 32.3 Å². The van der Waals surface area contributed by atoms with Crippen molar-refractivity contribution in [3.8, 4) is 5.75 Å². The van der Waals surface area contributed by atoms with E-state index in [1.807, 2.05) is 0 Å². The van der Waals surface area contributed by atoms with Gasteiger partial charge in [0.25, 0.3) is 0 Å². The van der Waals surface area contributed by atoms with Gasteiger partial charge in [-0.05, 0) is 50.8 Å². The lowest BCUT2D eigenvalue weighted by Crippen LogP contribution is -2.40. The number of ether oxygens (including phenoxy) is 1. The van der Waals surface area contributed by atoms with Gasteiger partial charge in [-0.1, -0.05) is 12.1 Å². The first-order valence-electron chi connectivity index (χ1n) is 7.53. The average molecular weight is 260 g/mol. The van der Waals surface area contributed by atoms with Gasteiger partial charge in [-0.2, -0.15) is 0 Å². The van der Waals surface area contributed by atoms with Gasteiger partial charge < -0.3 is 15.0 Å². The second-order valence-corrected chi connectivity index (χ2v) is 5.86. The van der Waals surface area contributed by atoms with Crippen molar-refractivity contribution in [2.75, 3.05) is 31.1 Å². The lowest BCUT2D eigenvalue weighted by Gasteiger charge is -2.33. The summed E-state index contributed by atoms with van der Waals surface area (Å²) in [6.45, 7) is 6.60. The molecule has 1 fully saturated rings. The number of benzene rings is 1. The van der Waals surface area contributed by atoms with E-state index in [-0.39, 0.29) is 0 Å². The normalized spacial score (nSPS) is 27.3. The molecule has 1 N–H and O–H groups in total. The molecule has 104 valence electrons. The molecule has 1 aromatic carbocycles. The Kier molecular flexibility index (Phi) is 3.92. The van der Waals surface area contributed by atoms with E-state index in [0.29, 0.717) is 6.04 Å². The molecule has 2 aliphatic heterocycles. The van der Waals surface area contributed by atoms with Gasteiger partial charge in [0.2, 0.25) is 0 Å². The second kappa shape index (κ2) is 5.83. The summed E-state index contributed by atoms with van der Waals surface area (Å²) in [5.74, 6) is 1.87. The zero-order valence-electron chi connectivity index (χ0n) is 11.8. The molecule has 19 heavy (non-hydrogen) atoms. The number of nitrogens with one attached hydrogen (secondary N) is 1. The molecule has 2 unspecified atom stereocenters. The molecule has 3 heteroatoms. The summed E-state index contributed by atoms with van der Waals surface area (Å²) < 4.78 is 5.83. The molecule has 0 bridgehead atoms. The molecule has 1 saturated heterocycles. The van der Waals surface area contributed by atoms with Crippen LogP contribution in [0.1, 0.15) is 26.2 Å². The molecule has 0 spiro atoms. The predicted molar refractivity (Wildman–Crippen MR) is 79.0 cm³/mol. The fourth-order valence-corrected chi connectivity index (χ4v) is 3.30. The monoisotopic (exact) mass is 260 g/mol. The van der Waals surface area contributed by atoms with Gasteiger partial charge >= 0.3 is 0 Å². The van der Waals surface area contributed by atoms with Gasteiger partial charge in [0, 0.05) is 19.1 Å². The fraction of sp³-hybridized carbons (Fsp3) is 0.625. The molecular formula is C16H24N2O. The topological polar surface area (TPSA) is 24.5 Å². The van der Waals surface area contributed by atoms with Gasteiger partial charge in [-0.3, -0.25) is 0 Å². The fourth-order valence-electron chi connectivity index (χ4n) is 3.30. The number of fused-ring (bicyclic) bond motifs is 1. The van der Waals surface area contributed by atoms with Crippen molar-refractivity contribution in [3.05, 3.63) is 24.3 Å². The van der Waals surface area contributed by atoms with Crippen molar-refractivity contribution in [1.29, 1.82) is 0 Å². The molecule has 0 radical (unpaired) electrons. The minimum absolute atomic E-state index is 0.664. The van der Waals surface area contributed by atoms with Crippen LogP contribution in [0, 0.1) is 5.92 Å². The smallest absolute Gasteiger partial charge is 0.142 e. The van der Waals surface area contributed by atoms with E-state index in [2.05, 4.69) is 41.4 Å². The van der Waals surface area contributed by atoms with E-state index in [1.54, 1.807) is 0 Å². The highest BCUT2D eigenvalue weighted by atomic mass is 16.5. The highest BCUT2D eigenvalue weighted by molar-refractivity contribution is 5.58. The number of hydrogen-bond acceptors (Lipinski definition) is 3. The van der Waals surface area contributed by atoms with Crippen molar-refractivity contribution in [1.82, 2.24) is 5.32 Å². The lowest BCUT2D eigenvalue weighted by molar-refractivity contribution is 0.312. The van der Waals surface area contributed by atoms with Crippen molar-refractivity contribution in [2.45, 2.75) is 32.2 Å². The zero-order chi connectivity index (χ0) is 13.1. The van der Waals surface area contributed by atoms with Crippen LogP contribution in [-0.2, 0) is 0 Å². The van der Waals surface area contributed by atoms with Crippen LogP contribution in [0.5, 0.6) is 5.75 Å². The summed E-state index contributed by atoms with van der Waals surface area (Å²) in [5, 5.41) is 3.54. The Morgan fingerprint density at radius 1 is 1.37 bits per heavy atom. The highest BCUT2D eigenvalue weighted by Crippen LogP contribution is 2.32. The minimum atomic E-state index is 0.664. The van der Waals surface area contributed by atoms with Crippen LogP contribution in [0.25, 0.3) is 0 Å². The van der Waals surface area contributed by atoms with Crippen molar-refractivity contribution in [3.63, 3.8) is 0 Å². The Morgan fingerprint density at radius 3 is 3.16 bits per heavy atom. The third-order valence-corrected chi connectivity index (χ3v) is 4.25. The summed E-state index contributed by atoms with van der Waals surface area (Å²) in [5.41, 5.74) is 1.28. The summed E-state index contributed by atoms with van der Waals surface area (Å²) in [4.78, 5) is 2.53. The Hall–Kier alpha value is -1.22. The van der Waals surface area contributed by atoms with Gasteiger partial charge in [-0.25, -0.2) is 0 Å². The van der Waals surface area contributed by atoms with Crippen LogP contribution in [0.2, 0.25) is 0 Å². The van der Waals surface area contributed by atoms with Crippen LogP contribution in [0.15, 0.2) is 24.3 Å². The van der Waals surface area contributed by atoms with E-state index < -0.39 is 0 Å². The quantitative estimate of drug-likeness (QED) is 0.885. The third-order valence-electron chi connectivity index (χ3n) is 4.25. The predicted octanol–water partition coefficient (Wildman–Crippen LogP) is 2.66. The minimum Gasteiger partial charge on any atom is -0.491 e. The van der Waals surface area contributed by atoms with Gasteiger partial charge in [-0.15, -0.1) is 0 Å². The maximum Gasteiger partial charge on any atom is 0.142 e. The molecule has 2 atom stereocenters. The molecule has 0 aliphatic carbocycles. The SMILES string of the molecule is CC1CC(CN2CCCOc3ccccc32)CCN1. The maximum absolute atomic E-state index is 5.83. The largest absolute Gasteiger partial charge is 0.491 e. The van der Waals surface area contributed by atoms with Crippen molar-refractivity contribution >= 4 is 5.69 Å². The molecule has 3 rings (SSSR count). The number of rotatable bonds is 2. The van der Waals surface area contributed by atoms with Crippen molar-refractivity contribution in [2.24, 2.45) is 5.92 Å². The first-order valence-corrected chi connectivity index (χ1v) is 7.53. The van der Waals surface area contributed by atoms with E-state index in [4.69, 9.17) is 4.74 Å². The van der Waals surface area contributed by atoms with Gasteiger partial charge in [0.1, 0.15) is 5.75 Å². The van der Waals surface area contributed by atoms with E-state index in [0.717, 1.165) is 37.8 Å². The Bertz CT molecular complexity index is 421. The molecule has 2 aliphatic rings. The average Bonchev–Trinajstić information content (AvgIpc) is 2.62. The Morgan fingerprint density at radius 2 is 2.26 bits per heavy atom. The van der Waals surface area contributed by atoms with Crippen LogP contribution in [0.4, 0.5) is 5.69 Å². The van der Waals surface area contributed by atoms with E-state index >= 15 is 0 Å². The maximum atomic E-state index is 5.83. The standard InChI is InChI=1S/C16H24N2O/c1-13-11-14(7-8-17-13)12-18-9-4-10-19-16-6-3-2-5-15(16)18/h2-3,5-6,13-14,17H,4,7-12H2,1H3. The van der Waals surface area contributed by atoms with Gasteiger partial charge in [0.05, 0.1) is 12.3 Å². The highest BCUT2D eigenvalue weighted by Gasteiger charge is 2.23. The van der Waals surface area contributed by atoms with Crippen molar-refractivity contribution < 1.29 is 4.74 Å². The van der Waals surface area contributed by atoms with E-state index in [9.17, 15) is 0 Å². The molecule has 3 nitrogen and oxygen atoms in total. The lowest BCUT2D eigenvalue weighted by atomic mass is 9.92. The number of hydrogen-bond donors (Lipinski definition) is 1. The molecule has 1 aromatic rings. The second-order valence-electron chi connectivity index (χ2n) is 5.86. The molecule has 0 aromatic heterocycles. The number of anilines is 1. The van der Waals surface area contributed by atoms with Crippen LogP contribution in [0.3, 0.4) is 0 Å². The zero-order valence-corrected chi connectivity index (χ0v) is 11.8. The van der Waals surface area contributed by atoms with Crippen LogP contribution >= 0.6 is 0 Å². The number of piperidine rings is 1. The molecule has 2 heterocycles. The summed E-state index contributed by atoms with van der Waals surface area (Å²) >= 11 is 0. The van der Waals surface area contributed by atoms with Crippen LogP contribution < -0.4 is 15.0 Å². The summed E-state index contributed by atoms with van der Waals surface area (Å²) in [6, 6.07) is 9.14. The first kappa shape index (κ1) is 12.8. The third kappa shape index (κ3) is 3.03. The van der Waals surface area contributed by atoms with E-state index in [1.165, 1.54) is 25.1 Å². The van der Waals surface area contributed by atoms with Gasteiger partial charge in [0.15, 0.2) is 0 Å². The summed E-state index contributed by atoms with van der Waals surface area (Å²) in [6.07, 6.45) is 3.71. The number of nitrogens with zero attached hydrogens (tertiary/aromatic N) is 1. The Balaban J connectivity index is 1.73. The number of para-hydroxylation sites is 2. The Labute approximate surface area is 115 Å². The molecule has 0 amide bonds. The first-order chi connectivity index (χ1) is 9.33.